The maximum Gasteiger partial charge on any atom is 0.317 e. The van der Waals surface area contributed by atoms with Gasteiger partial charge in [0.1, 0.15) is 6.04 Å². The molecule has 1 aromatic carbocycles. The number of carbonyl (C=O) groups is 6. The van der Waals surface area contributed by atoms with Gasteiger partial charge in [-0.15, -0.1) is 0 Å². The lowest BCUT2D eigenvalue weighted by atomic mass is 9.95. The van der Waals surface area contributed by atoms with Crippen LogP contribution in [0, 0.1) is 17.2 Å². The predicted molar refractivity (Wildman–Crippen MR) is 224 cm³/mol. The Morgan fingerprint density at radius 2 is 1.29 bits per heavy atom. The van der Waals surface area contributed by atoms with Crippen molar-refractivity contribution in [2.45, 2.75) is 31.2 Å². The molecule has 1 aromatic heterocycles. The maximum absolute atomic E-state index is 13.9. The number of carboxylic acid groups (broad SMARTS) is 3. The third kappa shape index (κ3) is 14.6. The SMILES string of the molecule is CN(CC1CCN(C(=O)CN2CCN(CC(=O)O)CCN(CC(=O)O)CCN(CC(=O)O)CC2)CC1)c1ccc(-c2cnccc2C(=O)NCC(=O)N2CC(F)(F)C[C@H]2C#N)cc1. The van der Waals surface area contributed by atoms with Crippen molar-refractivity contribution in [2.75, 3.05) is 123 Å². The Morgan fingerprint density at radius 1 is 0.778 bits per heavy atom. The second-order valence-electron chi connectivity index (χ2n) is 16.4. The van der Waals surface area contributed by atoms with Crippen LogP contribution in [0.4, 0.5) is 14.5 Å². The molecule has 0 unspecified atom stereocenters. The first-order valence-corrected chi connectivity index (χ1v) is 20.9. The number of nitrogens with one attached hydrogen (secondary N) is 1. The summed E-state index contributed by atoms with van der Waals surface area (Å²) in [5, 5.41) is 40.2. The van der Waals surface area contributed by atoms with E-state index in [1.807, 2.05) is 41.1 Å². The largest absolute Gasteiger partial charge is 0.480 e. The fraction of sp³-hybridized carbons (Fsp3) is 0.571. The number of benzene rings is 1. The molecule has 342 valence electrons. The maximum atomic E-state index is 13.9. The minimum absolute atomic E-state index is 0.0642. The van der Waals surface area contributed by atoms with E-state index >= 15 is 0 Å². The molecule has 3 aliphatic heterocycles. The summed E-state index contributed by atoms with van der Waals surface area (Å²) in [6.45, 7) is 2.32. The third-order valence-electron chi connectivity index (χ3n) is 11.7. The van der Waals surface area contributed by atoms with Crippen LogP contribution < -0.4 is 10.2 Å². The van der Waals surface area contributed by atoms with Crippen molar-refractivity contribution in [3.8, 4) is 17.2 Å². The summed E-state index contributed by atoms with van der Waals surface area (Å²) in [6, 6.07) is 9.49. The number of alkyl halides is 2. The molecular weight excluding hydrogens is 827 g/mol. The highest BCUT2D eigenvalue weighted by atomic mass is 19.3. The van der Waals surface area contributed by atoms with Gasteiger partial charge in [0.15, 0.2) is 0 Å². The molecule has 0 radical (unpaired) electrons. The zero-order chi connectivity index (χ0) is 45.7. The second kappa shape index (κ2) is 22.5. The van der Waals surface area contributed by atoms with Gasteiger partial charge in [0, 0.05) is 109 Å². The van der Waals surface area contributed by atoms with Gasteiger partial charge in [-0.3, -0.25) is 53.4 Å². The molecular formula is C42H56F2N10O9. The molecule has 0 bridgehead atoms. The van der Waals surface area contributed by atoms with E-state index in [9.17, 15) is 58.1 Å². The number of nitrogens with zero attached hydrogens (tertiary/aromatic N) is 9. The van der Waals surface area contributed by atoms with Gasteiger partial charge in [-0.2, -0.15) is 5.26 Å². The molecule has 3 saturated heterocycles. The number of hydrogen-bond acceptors (Lipinski definition) is 13. The van der Waals surface area contributed by atoms with Gasteiger partial charge in [0.05, 0.1) is 50.9 Å². The van der Waals surface area contributed by atoms with Gasteiger partial charge in [-0.25, -0.2) is 8.78 Å². The zero-order valence-corrected chi connectivity index (χ0v) is 35.4. The Morgan fingerprint density at radius 3 is 1.78 bits per heavy atom. The van der Waals surface area contributed by atoms with Gasteiger partial charge in [0.25, 0.3) is 11.8 Å². The lowest BCUT2D eigenvalue weighted by Crippen LogP contribution is -2.51. The van der Waals surface area contributed by atoms with E-state index in [0.717, 1.165) is 30.0 Å². The molecule has 0 aliphatic carbocycles. The average molecular weight is 883 g/mol. The number of nitriles is 1. The number of hydrogen-bond donors (Lipinski definition) is 4. The predicted octanol–water partition coefficient (Wildman–Crippen LogP) is 0.388. The van der Waals surface area contributed by atoms with Crippen LogP contribution in [0.15, 0.2) is 42.7 Å². The first-order chi connectivity index (χ1) is 30.0. The average Bonchev–Trinajstić information content (AvgIpc) is 3.57. The minimum atomic E-state index is -3.17. The number of rotatable bonds is 15. The second-order valence-corrected chi connectivity index (χ2v) is 16.4. The van der Waals surface area contributed by atoms with Crippen LogP contribution in [-0.4, -0.2) is 216 Å². The highest BCUT2D eigenvalue weighted by Gasteiger charge is 2.47. The molecule has 3 fully saturated rings. The smallest absolute Gasteiger partial charge is 0.317 e. The summed E-state index contributed by atoms with van der Waals surface area (Å²) in [5.41, 5.74) is 2.35. The number of likely N-dealkylation sites (tertiary alicyclic amines) is 2. The summed E-state index contributed by atoms with van der Waals surface area (Å²) < 4.78 is 27.7. The Bertz CT molecular complexity index is 1950. The van der Waals surface area contributed by atoms with Crippen molar-refractivity contribution in [1.82, 2.24) is 39.7 Å². The van der Waals surface area contributed by atoms with Gasteiger partial charge in [0.2, 0.25) is 11.8 Å². The van der Waals surface area contributed by atoms with E-state index in [-0.39, 0.29) is 50.7 Å². The number of pyridine rings is 1. The summed E-state index contributed by atoms with van der Waals surface area (Å²) in [5.74, 6) is -7.37. The topological polar surface area (TPSA) is 234 Å². The lowest BCUT2D eigenvalue weighted by Gasteiger charge is -2.36. The van der Waals surface area contributed by atoms with Crippen LogP contribution in [0.2, 0.25) is 0 Å². The number of piperidine rings is 1. The number of aromatic nitrogens is 1. The van der Waals surface area contributed by atoms with Crippen molar-refractivity contribution in [1.29, 1.82) is 5.26 Å². The van der Waals surface area contributed by atoms with Gasteiger partial charge in [-0.05, 0) is 42.5 Å². The van der Waals surface area contributed by atoms with Gasteiger partial charge < -0.3 is 35.3 Å². The number of carboxylic acids is 3. The standard InChI is InChI=1S/C42H56F2N10O9/c1-48(32-4-2-31(3-5-32)35-22-46-9-6-34(35)41(63)47-23-36(55)54-29-42(43,44)20-33(54)21-45)24-30-7-10-53(11-8-30)37(56)25-49-12-14-50(26-38(57)58)16-18-52(28-40(61)62)19-17-51(15-13-49)27-39(59)60/h2-6,9,22,30,33H,7-8,10-20,23-29H2,1H3,(H,47,63)(H,57,58)(H,59,60)(H,61,62)/t33-/m0/s1. The van der Waals surface area contributed by atoms with Crippen LogP contribution in [0.3, 0.4) is 0 Å². The highest BCUT2D eigenvalue weighted by Crippen LogP contribution is 2.32. The summed E-state index contributed by atoms with van der Waals surface area (Å²) in [6.07, 6.45) is 3.76. The number of aliphatic carboxylic acids is 3. The lowest BCUT2D eigenvalue weighted by molar-refractivity contribution is -0.141. The van der Waals surface area contributed by atoms with Crippen LogP contribution in [0.25, 0.3) is 11.1 Å². The minimum Gasteiger partial charge on any atom is -0.480 e. The van der Waals surface area contributed by atoms with E-state index in [2.05, 4.69) is 15.2 Å². The Labute approximate surface area is 364 Å². The Kier molecular flexibility index (Phi) is 17.2. The van der Waals surface area contributed by atoms with Crippen LogP contribution in [0.1, 0.15) is 29.6 Å². The van der Waals surface area contributed by atoms with E-state index in [1.54, 1.807) is 20.8 Å². The summed E-state index contributed by atoms with van der Waals surface area (Å²) >= 11 is 0. The van der Waals surface area contributed by atoms with Crippen molar-refractivity contribution in [2.24, 2.45) is 5.92 Å². The molecule has 19 nitrogen and oxygen atoms in total. The van der Waals surface area contributed by atoms with Crippen molar-refractivity contribution in [3.63, 3.8) is 0 Å². The molecule has 1 atom stereocenters. The molecule has 4 heterocycles. The number of halogens is 2. The fourth-order valence-electron chi connectivity index (χ4n) is 8.20. The molecule has 0 spiro atoms. The molecule has 2 aromatic rings. The number of carbonyl (C=O) groups excluding carboxylic acids is 3. The number of anilines is 1. The first-order valence-electron chi connectivity index (χ1n) is 20.9. The normalized spacial score (nSPS) is 19.9. The first kappa shape index (κ1) is 48.2. The molecule has 4 N–H and O–H groups in total. The molecule has 0 saturated carbocycles. The fourth-order valence-corrected chi connectivity index (χ4v) is 8.20. The molecule has 3 aliphatic rings. The summed E-state index contributed by atoms with van der Waals surface area (Å²) in [7, 11) is 1.97. The van der Waals surface area contributed by atoms with Crippen molar-refractivity contribution >= 4 is 41.3 Å². The number of amides is 3. The highest BCUT2D eigenvalue weighted by molar-refractivity contribution is 6.02. The van der Waals surface area contributed by atoms with Crippen molar-refractivity contribution < 1.29 is 52.9 Å². The molecule has 63 heavy (non-hydrogen) atoms. The summed E-state index contributed by atoms with van der Waals surface area (Å²) in [4.78, 5) is 90.2. The van der Waals surface area contributed by atoms with E-state index in [4.69, 9.17) is 0 Å². The third-order valence-corrected chi connectivity index (χ3v) is 11.7. The van der Waals surface area contributed by atoms with Crippen molar-refractivity contribution in [3.05, 3.63) is 48.3 Å². The Balaban J connectivity index is 1.13. The molecule has 5 rings (SSSR count). The van der Waals surface area contributed by atoms with E-state index in [1.165, 1.54) is 18.5 Å². The Hall–Kier alpha value is -5.82. The molecule has 21 heteroatoms. The molecule has 3 amide bonds. The monoisotopic (exact) mass is 882 g/mol. The zero-order valence-electron chi connectivity index (χ0n) is 35.4. The van der Waals surface area contributed by atoms with Gasteiger partial charge in [-0.1, -0.05) is 12.1 Å². The van der Waals surface area contributed by atoms with Crippen LogP contribution in [0.5, 0.6) is 0 Å². The van der Waals surface area contributed by atoms with E-state index in [0.29, 0.717) is 69.4 Å². The van der Waals surface area contributed by atoms with Crippen LogP contribution in [-0.2, 0) is 24.0 Å². The van der Waals surface area contributed by atoms with Crippen LogP contribution >= 0.6 is 0 Å². The quantitative estimate of drug-likeness (QED) is 0.189. The van der Waals surface area contributed by atoms with Gasteiger partial charge >= 0.3 is 17.9 Å². The van der Waals surface area contributed by atoms with E-state index < -0.39 is 61.2 Å².